The van der Waals surface area contributed by atoms with Gasteiger partial charge in [0.1, 0.15) is 5.82 Å². The van der Waals surface area contributed by atoms with Gasteiger partial charge in [-0.2, -0.15) is 5.26 Å². The fourth-order valence-electron chi connectivity index (χ4n) is 3.08. The third-order valence-electron chi connectivity index (χ3n) is 4.34. The highest BCUT2D eigenvalue weighted by Gasteiger charge is 2.38. The van der Waals surface area contributed by atoms with Crippen LogP contribution in [0.15, 0.2) is 42.7 Å². The summed E-state index contributed by atoms with van der Waals surface area (Å²) < 4.78 is 13.9. The van der Waals surface area contributed by atoms with Crippen molar-refractivity contribution in [2.24, 2.45) is 0 Å². The smallest absolute Gasteiger partial charge is 0.224 e. The molecular weight excluding hydrogens is 307 g/mol. The van der Waals surface area contributed by atoms with Crippen molar-refractivity contribution in [3.63, 3.8) is 0 Å². The molecule has 0 aliphatic carbocycles. The summed E-state index contributed by atoms with van der Waals surface area (Å²) >= 11 is 0. The number of carbonyl (C=O) groups is 1. The van der Waals surface area contributed by atoms with Gasteiger partial charge in [0.15, 0.2) is 0 Å². The Bertz CT molecular complexity index is 787. The quantitative estimate of drug-likeness (QED) is 0.936. The maximum absolute atomic E-state index is 13.9. The average Bonchev–Trinajstić information content (AvgIpc) is 2.89. The predicted molar refractivity (Wildman–Crippen MR) is 86.1 cm³/mol. The molecule has 1 saturated heterocycles. The molecule has 0 radical (unpaired) electrons. The zero-order valence-electron chi connectivity index (χ0n) is 13.2. The summed E-state index contributed by atoms with van der Waals surface area (Å²) in [6, 6.07) is 9.75. The molecule has 122 valence electrons. The van der Waals surface area contributed by atoms with Gasteiger partial charge in [-0.15, -0.1) is 0 Å². The first-order valence-corrected chi connectivity index (χ1v) is 7.67. The number of halogens is 1. The Hall–Kier alpha value is -2.78. The van der Waals surface area contributed by atoms with Crippen molar-refractivity contribution < 1.29 is 9.18 Å². The van der Waals surface area contributed by atoms with Gasteiger partial charge in [-0.05, 0) is 29.8 Å². The number of likely N-dealkylation sites (N-methyl/N-ethyl adjacent to an activating group) is 1. The van der Waals surface area contributed by atoms with Crippen molar-refractivity contribution in [2.75, 3.05) is 7.05 Å². The van der Waals surface area contributed by atoms with E-state index in [2.05, 4.69) is 10.3 Å². The second-order valence-corrected chi connectivity index (χ2v) is 5.85. The number of nitrogens with zero attached hydrogens (tertiary/aromatic N) is 3. The fraction of sp³-hybridized carbons (Fsp3) is 0.278. The minimum absolute atomic E-state index is 0.0348. The summed E-state index contributed by atoms with van der Waals surface area (Å²) in [6.07, 6.45) is 3.77. The molecule has 0 unspecified atom stereocenters. The number of nitrogens with one attached hydrogen (secondary N) is 1. The van der Waals surface area contributed by atoms with E-state index in [1.54, 1.807) is 24.3 Å². The molecule has 2 aromatic rings. The van der Waals surface area contributed by atoms with E-state index in [0.29, 0.717) is 17.5 Å². The van der Waals surface area contributed by atoms with Crippen LogP contribution in [0.3, 0.4) is 0 Å². The van der Waals surface area contributed by atoms with Crippen LogP contribution in [0, 0.1) is 17.1 Å². The van der Waals surface area contributed by atoms with Gasteiger partial charge >= 0.3 is 0 Å². The molecule has 1 aromatic carbocycles. The third-order valence-corrected chi connectivity index (χ3v) is 4.34. The molecule has 2 heterocycles. The lowest BCUT2D eigenvalue weighted by atomic mass is 10.0. The molecular formula is C18H17FN4O. The molecule has 1 amide bonds. The van der Waals surface area contributed by atoms with E-state index in [1.807, 2.05) is 18.2 Å². The Labute approximate surface area is 139 Å². The number of rotatable bonds is 4. The topological polar surface area (TPSA) is 69.0 Å². The molecule has 2 atom stereocenters. The molecule has 1 fully saturated rings. The number of pyridine rings is 1. The Balaban J connectivity index is 1.79. The lowest BCUT2D eigenvalue weighted by molar-refractivity contribution is -0.127. The molecule has 0 spiro atoms. The van der Waals surface area contributed by atoms with E-state index in [-0.39, 0.29) is 30.4 Å². The van der Waals surface area contributed by atoms with Crippen LogP contribution < -0.4 is 5.32 Å². The summed E-state index contributed by atoms with van der Waals surface area (Å²) in [6.45, 7) is 0.254. The van der Waals surface area contributed by atoms with Crippen LogP contribution in [0.4, 0.5) is 4.39 Å². The number of benzene rings is 1. The van der Waals surface area contributed by atoms with Gasteiger partial charge in [-0.3, -0.25) is 9.78 Å². The van der Waals surface area contributed by atoms with Crippen LogP contribution in [0.2, 0.25) is 0 Å². The Morgan fingerprint density at radius 1 is 1.46 bits per heavy atom. The molecule has 1 aliphatic heterocycles. The lowest BCUT2D eigenvalue weighted by Gasteiger charge is -2.26. The zero-order valence-corrected chi connectivity index (χ0v) is 13.2. The summed E-state index contributed by atoms with van der Waals surface area (Å²) in [4.78, 5) is 17.9. The van der Waals surface area contributed by atoms with Crippen molar-refractivity contribution in [3.8, 4) is 6.07 Å². The maximum Gasteiger partial charge on any atom is 0.224 e. The molecule has 6 heteroatoms. The number of hydrogen-bond donors (Lipinski definition) is 1. The number of likely N-dealkylation sites (tertiary alicyclic amines) is 1. The van der Waals surface area contributed by atoms with E-state index < -0.39 is 0 Å². The first-order valence-electron chi connectivity index (χ1n) is 7.67. The Kier molecular flexibility index (Phi) is 4.54. The van der Waals surface area contributed by atoms with Gasteiger partial charge in [0.05, 0.1) is 17.7 Å². The van der Waals surface area contributed by atoms with Crippen LogP contribution >= 0.6 is 0 Å². The normalized spacial score (nSPS) is 20.2. The number of aromatic nitrogens is 1. The minimum atomic E-state index is -0.364. The molecule has 5 nitrogen and oxygen atoms in total. The molecule has 24 heavy (non-hydrogen) atoms. The molecule has 1 N–H and O–H groups in total. The fourth-order valence-corrected chi connectivity index (χ4v) is 3.08. The SMILES string of the molecule is CN1C(=O)C[C@@H](NCc2cc(C#N)ccc2F)[C@@H]1c1cccnc1. The highest BCUT2D eigenvalue weighted by atomic mass is 19.1. The summed E-state index contributed by atoms with van der Waals surface area (Å²) in [5, 5.41) is 12.2. The predicted octanol–water partition coefficient (Wildman–Crippen LogP) is 2.15. The maximum atomic E-state index is 13.9. The molecule has 0 saturated carbocycles. The molecule has 3 rings (SSSR count). The van der Waals surface area contributed by atoms with Crippen LogP contribution in [0.5, 0.6) is 0 Å². The van der Waals surface area contributed by atoms with Crippen LogP contribution in [0.1, 0.15) is 29.2 Å². The van der Waals surface area contributed by atoms with E-state index in [4.69, 9.17) is 5.26 Å². The van der Waals surface area contributed by atoms with Crippen LogP contribution in [-0.4, -0.2) is 28.9 Å². The molecule has 1 aromatic heterocycles. The number of hydrogen-bond acceptors (Lipinski definition) is 4. The first kappa shape index (κ1) is 16.1. The largest absolute Gasteiger partial charge is 0.337 e. The van der Waals surface area contributed by atoms with Gasteiger partial charge in [0.2, 0.25) is 5.91 Å². The van der Waals surface area contributed by atoms with Crippen molar-refractivity contribution in [3.05, 3.63) is 65.2 Å². The van der Waals surface area contributed by atoms with Gasteiger partial charge in [-0.25, -0.2) is 4.39 Å². The average molecular weight is 324 g/mol. The number of amides is 1. The van der Waals surface area contributed by atoms with E-state index in [1.165, 1.54) is 18.2 Å². The van der Waals surface area contributed by atoms with Gasteiger partial charge < -0.3 is 10.2 Å². The van der Waals surface area contributed by atoms with Crippen LogP contribution in [0.25, 0.3) is 0 Å². The van der Waals surface area contributed by atoms with Gasteiger partial charge in [0, 0.05) is 44.0 Å². The van der Waals surface area contributed by atoms with Crippen molar-refractivity contribution in [2.45, 2.75) is 25.0 Å². The second kappa shape index (κ2) is 6.77. The van der Waals surface area contributed by atoms with Crippen molar-refractivity contribution in [1.29, 1.82) is 5.26 Å². The second-order valence-electron chi connectivity index (χ2n) is 5.85. The van der Waals surface area contributed by atoms with E-state index >= 15 is 0 Å². The van der Waals surface area contributed by atoms with Crippen LogP contribution in [-0.2, 0) is 11.3 Å². The monoisotopic (exact) mass is 324 g/mol. The summed E-state index contributed by atoms with van der Waals surface area (Å²) in [5.74, 6) is -0.329. The third kappa shape index (κ3) is 3.12. The summed E-state index contributed by atoms with van der Waals surface area (Å²) in [7, 11) is 1.76. The summed E-state index contributed by atoms with van der Waals surface area (Å²) in [5.41, 5.74) is 1.77. The standard InChI is InChI=1S/C18H17FN4O/c1-23-17(24)8-16(18(23)13-3-2-6-21-10-13)22-11-14-7-12(9-20)4-5-15(14)19/h2-7,10,16,18,22H,8,11H2,1H3/t16-,18+/m1/s1. The highest BCUT2D eigenvalue weighted by Crippen LogP contribution is 2.31. The molecule has 0 bridgehead atoms. The Morgan fingerprint density at radius 2 is 2.29 bits per heavy atom. The lowest BCUT2D eigenvalue weighted by Crippen LogP contribution is -2.35. The zero-order chi connectivity index (χ0) is 17.1. The number of carbonyl (C=O) groups excluding carboxylic acids is 1. The number of nitriles is 1. The first-order chi connectivity index (χ1) is 11.6. The minimum Gasteiger partial charge on any atom is -0.337 e. The van der Waals surface area contributed by atoms with Gasteiger partial charge in [-0.1, -0.05) is 6.07 Å². The highest BCUT2D eigenvalue weighted by molar-refractivity contribution is 5.80. The molecule has 1 aliphatic rings. The van der Waals surface area contributed by atoms with E-state index in [0.717, 1.165) is 5.56 Å². The van der Waals surface area contributed by atoms with Gasteiger partial charge in [0.25, 0.3) is 0 Å². The van der Waals surface area contributed by atoms with Crippen molar-refractivity contribution >= 4 is 5.91 Å². The van der Waals surface area contributed by atoms with Crippen molar-refractivity contribution in [1.82, 2.24) is 15.2 Å². The Morgan fingerprint density at radius 3 is 3.00 bits per heavy atom. The van der Waals surface area contributed by atoms with E-state index in [9.17, 15) is 9.18 Å².